The number of benzene rings is 1. The van der Waals surface area contributed by atoms with Gasteiger partial charge in [-0.15, -0.1) is 17.0 Å². The molecular formula is C22H30BrN9O4. The Morgan fingerprint density at radius 3 is 2.28 bits per heavy atom. The topological polar surface area (TPSA) is 202 Å². The van der Waals surface area contributed by atoms with Crippen molar-refractivity contribution in [2.24, 2.45) is 0 Å². The summed E-state index contributed by atoms with van der Waals surface area (Å²) in [5.74, 6) is -0.834. The number of hydrogen-bond donors (Lipinski definition) is 5. The summed E-state index contributed by atoms with van der Waals surface area (Å²) in [5.41, 5.74) is 14.0. The molecule has 2 aromatic heterocycles. The fraction of sp³-hybridized carbons (Fsp3) is 0.318. The Morgan fingerprint density at radius 1 is 1.06 bits per heavy atom. The molecule has 13 nitrogen and oxygen atoms in total. The van der Waals surface area contributed by atoms with Crippen LogP contribution in [-0.4, -0.2) is 68.4 Å². The number of carbonyl (C=O) groups is 3. The lowest BCUT2D eigenvalue weighted by Gasteiger charge is -2.09. The zero-order chi connectivity index (χ0) is 26.0. The first-order chi connectivity index (χ1) is 16.6. The van der Waals surface area contributed by atoms with E-state index >= 15 is 0 Å². The maximum absolute atomic E-state index is 12.0. The van der Waals surface area contributed by atoms with E-state index in [1.165, 1.54) is 11.8 Å². The normalized spacial score (nSPS) is 9.86. The summed E-state index contributed by atoms with van der Waals surface area (Å²) < 4.78 is 0. The van der Waals surface area contributed by atoms with Crippen molar-refractivity contribution in [3.05, 3.63) is 41.7 Å². The maximum atomic E-state index is 12.0. The second kappa shape index (κ2) is 14.4. The van der Waals surface area contributed by atoms with Gasteiger partial charge in [-0.25, -0.2) is 9.97 Å². The Morgan fingerprint density at radius 2 is 1.69 bits per heavy atom. The predicted octanol–water partition coefficient (Wildman–Crippen LogP) is 1.46. The van der Waals surface area contributed by atoms with Crippen LogP contribution in [0.15, 0.2) is 30.5 Å². The lowest BCUT2D eigenvalue weighted by atomic mass is 10.2. The molecular weight excluding hydrogens is 534 g/mol. The summed E-state index contributed by atoms with van der Waals surface area (Å²) in [7, 11) is 3.45. The van der Waals surface area contributed by atoms with Gasteiger partial charge in [-0.05, 0) is 30.7 Å². The Hall–Kier alpha value is -4.07. The number of fused-ring (bicyclic) bond motifs is 1. The van der Waals surface area contributed by atoms with Gasteiger partial charge in [-0.3, -0.25) is 14.4 Å². The van der Waals surface area contributed by atoms with E-state index in [1.807, 2.05) is 0 Å². The van der Waals surface area contributed by atoms with Gasteiger partial charge < -0.3 is 32.1 Å². The van der Waals surface area contributed by atoms with E-state index in [1.54, 1.807) is 44.6 Å². The van der Waals surface area contributed by atoms with Crippen molar-refractivity contribution >= 4 is 63.4 Å². The second-order valence-corrected chi connectivity index (χ2v) is 7.60. The van der Waals surface area contributed by atoms with Gasteiger partial charge in [0.2, 0.25) is 11.9 Å². The van der Waals surface area contributed by atoms with Crippen LogP contribution in [0.25, 0.3) is 11.2 Å². The zero-order valence-electron chi connectivity index (χ0n) is 20.2. The number of rotatable bonds is 8. The molecule has 0 bridgehead atoms. The highest BCUT2D eigenvalue weighted by atomic mass is 79.9. The number of nitrogens with two attached hydrogens (primary N) is 2. The molecule has 0 aliphatic carbocycles. The number of halogens is 1. The minimum absolute atomic E-state index is 0. The summed E-state index contributed by atoms with van der Waals surface area (Å²) in [4.78, 5) is 50.5. The fourth-order valence-electron chi connectivity index (χ4n) is 2.54. The van der Waals surface area contributed by atoms with Crippen molar-refractivity contribution in [1.82, 2.24) is 30.2 Å². The molecule has 194 valence electrons. The van der Waals surface area contributed by atoms with Crippen molar-refractivity contribution < 1.29 is 19.5 Å². The molecule has 2 amide bonds. The Balaban J connectivity index is 0.000000827. The Bertz CT molecular complexity index is 1190. The minimum atomic E-state index is -0.884. The molecule has 0 saturated heterocycles. The van der Waals surface area contributed by atoms with E-state index in [4.69, 9.17) is 16.6 Å². The largest absolute Gasteiger partial charge is 0.481 e. The molecule has 36 heavy (non-hydrogen) atoms. The Kier molecular flexibility index (Phi) is 11.9. The summed E-state index contributed by atoms with van der Waals surface area (Å²) in [5, 5.41) is 14.5. The highest BCUT2D eigenvalue weighted by Crippen LogP contribution is 2.16. The number of anilines is 3. The van der Waals surface area contributed by atoms with Gasteiger partial charge in [0.15, 0.2) is 17.0 Å². The van der Waals surface area contributed by atoms with Gasteiger partial charge in [0.25, 0.3) is 5.91 Å². The SMILES string of the molecule is Br.CC(=O)N(C)C.Nc1nc(N)c2nc(CNc3ccc(C(=O)NCCCC(=O)O)cc3)cnc2n1. The Labute approximate surface area is 218 Å². The van der Waals surface area contributed by atoms with Crippen molar-refractivity contribution in [1.29, 1.82) is 0 Å². The van der Waals surface area contributed by atoms with Crippen molar-refractivity contribution in [3.63, 3.8) is 0 Å². The molecule has 0 fully saturated rings. The standard InChI is InChI=1S/C18H20N8O3.C4H9NO.BrH/c19-15-14-16(26-18(20)25-15)23-9-12(24-14)8-22-11-5-3-10(4-6-11)17(29)21-7-1-2-13(27)28;1-4(6)5(2)3;/h3-6,9,22H,1-2,7-8H2,(H,21,29)(H,27,28)(H4,19,20,23,25,26);1-3H3;1H. The van der Waals surface area contributed by atoms with Crippen LogP contribution in [0.2, 0.25) is 0 Å². The smallest absolute Gasteiger partial charge is 0.303 e. The van der Waals surface area contributed by atoms with E-state index in [-0.39, 0.29) is 47.0 Å². The number of carbonyl (C=O) groups excluding carboxylic acids is 2. The summed E-state index contributed by atoms with van der Waals surface area (Å²) in [6.45, 7) is 2.22. The van der Waals surface area contributed by atoms with Crippen LogP contribution in [0.5, 0.6) is 0 Å². The van der Waals surface area contributed by atoms with E-state index in [0.29, 0.717) is 41.9 Å². The molecule has 0 radical (unpaired) electrons. The number of amides is 2. The minimum Gasteiger partial charge on any atom is -0.481 e. The first-order valence-corrected chi connectivity index (χ1v) is 10.6. The van der Waals surface area contributed by atoms with E-state index in [0.717, 1.165) is 5.69 Å². The molecule has 7 N–H and O–H groups in total. The number of nitrogens with one attached hydrogen (secondary N) is 2. The maximum Gasteiger partial charge on any atom is 0.303 e. The molecule has 0 aliphatic heterocycles. The third-order valence-corrected chi connectivity index (χ3v) is 4.60. The average Bonchev–Trinajstić information content (AvgIpc) is 2.81. The van der Waals surface area contributed by atoms with Crippen LogP contribution >= 0.6 is 17.0 Å². The van der Waals surface area contributed by atoms with Crippen LogP contribution in [0.1, 0.15) is 35.8 Å². The molecule has 0 aliphatic rings. The molecule has 0 saturated carbocycles. The number of hydrogen-bond acceptors (Lipinski definition) is 10. The van der Waals surface area contributed by atoms with Crippen LogP contribution in [0.3, 0.4) is 0 Å². The number of nitrogens with zero attached hydrogens (tertiary/aromatic N) is 5. The first kappa shape index (κ1) is 30.0. The average molecular weight is 564 g/mol. The van der Waals surface area contributed by atoms with Crippen molar-refractivity contribution in [2.45, 2.75) is 26.3 Å². The number of nitrogen functional groups attached to an aromatic ring is 2. The number of aromatic nitrogens is 4. The molecule has 0 atom stereocenters. The van der Waals surface area contributed by atoms with E-state index in [2.05, 4.69) is 30.6 Å². The van der Waals surface area contributed by atoms with Crippen LogP contribution < -0.4 is 22.1 Å². The van der Waals surface area contributed by atoms with Gasteiger partial charge in [-0.2, -0.15) is 9.97 Å². The van der Waals surface area contributed by atoms with E-state index in [9.17, 15) is 14.4 Å². The van der Waals surface area contributed by atoms with Gasteiger partial charge in [0.05, 0.1) is 18.4 Å². The quantitative estimate of drug-likeness (QED) is 0.248. The number of aliphatic carboxylic acids is 1. The molecule has 0 unspecified atom stereocenters. The highest BCUT2D eigenvalue weighted by molar-refractivity contribution is 8.93. The highest BCUT2D eigenvalue weighted by Gasteiger charge is 2.08. The summed E-state index contributed by atoms with van der Waals surface area (Å²) in [6, 6.07) is 6.88. The first-order valence-electron chi connectivity index (χ1n) is 10.6. The molecule has 14 heteroatoms. The van der Waals surface area contributed by atoms with Crippen LogP contribution in [0, 0.1) is 0 Å². The third kappa shape index (κ3) is 9.66. The summed E-state index contributed by atoms with van der Waals surface area (Å²) >= 11 is 0. The van der Waals surface area contributed by atoms with Gasteiger partial charge in [0.1, 0.15) is 0 Å². The van der Waals surface area contributed by atoms with Crippen LogP contribution in [-0.2, 0) is 16.1 Å². The van der Waals surface area contributed by atoms with Crippen molar-refractivity contribution in [2.75, 3.05) is 37.4 Å². The third-order valence-electron chi connectivity index (χ3n) is 4.60. The van der Waals surface area contributed by atoms with Gasteiger partial charge >= 0.3 is 5.97 Å². The monoisotopic (exact) mass is 563 g/mol. The second-order valence-electron chi connectivity index (χ2n) is 7.60. The predicted molar refractivity (Wildman–Crippen MR) is 142 cm³/mol. The molecule has 3 rings (SSSR count). The molecule has 1 aromatic carbocycles. The zero-order valence-corrected chi connectivity index (χ0v) is 21.9. The van der Waals surface area contributed by atoms with Gasteiger partial charge in [0, 0.05) is 45.2 Å². The lowest BCUT2D eigenvalue weighted by Crippen LogP contribution is -2.24. The lowest BCUT2D eigenvalue weighted by molar-refractivity contribution is -0.137. The number of carboxylic acid groups (broad SMARTS) is 1. The number of carboxylic acids is 1. The van der Waals surface area contributed by atoms with E-state index < -0.39 is 5.97 Å². The molecule has 3 aromatic rings. The molecule has 2 heterocycles. The van der Waals surface area contributed by atoms with Crippen LogP contribution in [0.4, 0.5) is 17.5 Å². The molecule has 0 spiro atoms. The summed E-state index contributed by atoms with van der Waals surface area (Å²) in [6.07, 6.45) is 1.97. The van der Waals surface area contributed by atoms with Gasteiger partial charge in [-0.1, -0.05) is 0 Å². The fourth-order valence-corrected chi connectivity index (χ4v) is 2.54. The van der Waals surface area contributed by atoms with Crippen molar-refractivity contribution in [3.8, 4) is 0 Å².